The smallest absolute Gasteiger partial charge is 0.223 e. The van der Waals surface area contributed by atoms with E-state index in [9.17, 15) is 4.79 Å². The van der Waals surface area contributed by atoms with Gasteiger partial charge in [0.2, 0.25) is 5.91 Å². The SMILES string of the molecule is CC1(C)COC(c2ccccc2)CN1CCC(=O)N1CCNCC1.Cl. The van der Waals surface area contributed by atoms with E-state index in [1.54, 1.807) is 0 Å². The number of amides is 1. The molecule has 1 amide bonds. The molecule has 1 atom stereocenters. The number of morpholine rings is 1. The maximum absolute atomic E-state index is 12.4. The molecule has 0 bridgehead atoms. The van der Waals surface area contributed by atoms with Crippen LogP contribution >= 0.6 is 12.4 Å². The van der Waals surface area contributed by atoms with E-state index in [4.69, 9.17) is 4.74 Å². The minimum Gasteiger partial charge on any atom is -0.370 e. The average molecular weight is 368 g/mol. The fourth-order valence-corrected chi connectivity index (χ4v) is 3.46. The summed E-state index contributed by atoms with van der Waals surface area (Å²) in [6.45, 7) is 10.2. The lowest BCUT2D eigenvalue weighted by molar-refractivity contribution is -0.135. The zero-order chi connectivity index (χ0) is 17.0. The third-order valence-corrected chi connectivity index (χ3v) is 5.12. The van der Waals surface area contributed by atoms with E-state index >= 15 is 0 Å². The van der Waals surface area contributed by atoms with E-state index in [2.05, 4.69) is 48.3 Å². The van der Waals surface area contributed by atoms with Crippen LogP contribution in [0, 0.1) is 0 Å². The molecule has 2 heterocycles. The molecule has 2 aliphatic heterocycles. The number of ether oxygens (including phenoxy) is 1. The zero-order valence-corrected chi connectivity index (χ0v) is 16.1. The number of benzene rings is 1. The highest BCUT2D eigenvalue weighted by molar-refractivity contribution is 5.85. The molecule has 1 unspecified atom stereocenters. The number of halogens is 1. The highest BCUT2D eigenvalue weighted by Crippen LogP contribution is 2.30. The standard InChI is InChI=1S/C19H29N3O2.ClH/c1-19(2)15-24-17(16-6-4-3-5-7-16)14-22(19)11-8-18(23)21-12-9-20-10-13-21;/h3-7,17,20H,8-15H2,1-2H3;1H. The van der Waals surface area contributed by atoms with Crippen molar-refractivity contribution in [2.45, 2.75) is 31.9 Å². The van der Waals surface area contributed by atoms with Gasteiger partial charge in [-0.05, 0) is 19.4 Å². The van der Waals surface area contributed by atoms with Crippen molar-refractivity contribution in [3.8, 4) is 0 Å². The second kappa shape index (κ2) is 8.99. The summed E-state index contributed by atoms with van der Waals surface area (Å²) in [5.41, 5.74) is 1.18. The number of hydrogen-bond acceptors (Lipinski definition) is 4. The number of carbonyl (C=O) groups excluding carboxylic acids is 1. The maximum atomic E-state index is 12.4. The first-order valence-corrected chi connectivity index (χ1v) is 8.96. The van der Waals surface area contributed by atoms with Crippen LogP contribution in [0.1, 0.15) is 31.9 Å². The summed E-state index contributed by atoms with van der Waals surface area (Å²) in [6.07, 6.45) is 0.679. The van der Waals surface area contributed by atoms with Gasteiger partial charge in [-0.25, -0.2) is 0 Å². The minimum atomic E-state index is -0.0327. The van der Waals surface area contributed by atoms with E-state index in [1.807, 2.05) is 11.0 Å². The highest BCUT2D eigenvalue weighted by Gasteiger charge is 2.35. The predicted octanol–water partition coefficient (Wildman–Crippen LogP) is 2.08. The van der Waals surface area contributed by atoms with Crippen LogP contribution in [0.15, 0.2) is 30.3 Å². The first-order chi connectivity index (χ1) is 11.6. The molecule has 25 heavy (non-hydrogen) atoms. The molecule has 2 fully saturated rings. The van der Waals surface area contributed by atoms with Crippen LogP contribution in [0.4, 0.5) is 0 Å². The Hall–Kier alpha value is -1.14. The Kier molecular flexibility index (Phi) is 7.25. The Labute approximate surface area is 157 Å². The Morgan fingerprint density at radius 2 is 1.92 bits per heavy atom. The van der Waals surface area contributed by atoms with Crippen LogP contribution in [0.25, 0.3) is 0 Å². The first kappa shape index (κ1) is 20.2. The molecule has 140 valence electrons. The Bertz CT molecular complexity index is 547. The molecule has 0 saturated carbocycles. The van der Waals surface area contributed by atoms with Gasteiger partial charge in [-0.3, -0.25) is 9.69 Å². The Morgan fingerprint density at radius 1 is 1.24 bits per heavy atom. The monoisotopic (exact) mass is 367 g/mol. The third kappa shape index (κ3) is 5.17. The molecule has 0 spiro atoms. The van der Waals surface area contributed by atoms with Gasteiger partial charge in [-0.15, -0.1) is 12.4 Å². The van der Waals surface area contributed by atoms with E-state index in [0.29, 0.717) is 13.0 Å². The van der Waals surface area contributed by atoms with Crippen LogP contribution in [-0.4, -0.2) is 67.1 Å². The predicted molar refractivity (Wildman–Crippen MR) is 102 cm³/mol. The summed E-state index contributed by atoms with van der Waals surface area (Å²) >= 11 is 0. The molecule has 1 N–H and O–H groups in total. The molecule has 2 saturated heterocycles. The summed E-state index contributed by atoms with van der Waals surface area (Å²) in [6, 6.07) is 10.4. The van der Waals surface area contributed by atoms with Crippen molar-refractivity contribution in [1.82, 2.24) is 15.1 Å². The molecule has 0 aromatic heterocycles. The van der Waals surface area contributed by atoms with Crippen molar-refractivity contribution < 1.29 is 9.53 Å². The van der Waals surface area contributed by atoms with Gasteiger partial charge in [0, 0.05) is 51.2 Å². The molecule has 5 nitrogen and oxygen atoms in total. The van der Waals surface area contributed by atoms with E-state index in [1.165, 1.54) is 5.56 Å². The lowest BCUT2D eigenvalue weighted by atomic mass is 9.98. The van der Waals surface area contributed by atoms with Gasteiger partial charge in [-0.2, -0.15) is 0 Å². The van der Waals surface area contributed by atoms with Crippen LogP contribution < -0.4 is 5.32 Å². The van der Waals surface area contributed by atoms with Crippen molar-refractivity contribution in [2.75, 3.05) is 45.9 Å². The number of rotatable bonds is 4. The van der Waals surface area contributed by atoms with Crippen molar-refractivity contribution >= 4 is 18.3 Å². The van der Waals surface area contributed by atoms with Crippen molar-refractivity contribution in [2.24, 2.45) is 0 Å². The lowest BCUT2D eigenvalue weighted by Gasteiger charge is -2.45. The summed E-state index contributed by atoms with van der Waals surface area (Å²) in [7, 11) is 0. The zero-order valence-electron chi connectivity index (χ0n) is 15.2. The second-order valence-corrected chi connectivity index (χ2v) is 7.35. The Balaban J connectivity index is 0.00000225. The highest BCUT2D eigenvalue weighted by atomic mass is 35.5. The number of nitrogens with zero attached hydrogens (tertiary/aromatic N) is 2. The van der Waals surface area contributed by atoms with Gasteiger partial charge >= 0.3 is 0 Å². The van der Waals surface area contributed by atoms with E-state index < -0.39 is 0 Å². The van der Waals surface area contributed by atoms with E-state index in [0.717, 1.165) is 39.3 Å². The van der Waals surface area contributed by atoms with Gasteiger partial charge in [0.15, 0.2) is 0 Å². The van der Waals surface area contributed by atoms with Gasteiger partial charge in [0.05, 0.1) is 12.7 Å². The second-order valence-electron chi connectivity index (χ2n) is 7.35. The molecular formula is C19H30ClN3O2. The summed E-state index contributed by atoms with van der Waals surface area (Å²) in [5.74, 6) is 0.273. The maximum Gasteiger partial charge on any atom is 0.223 e. The van der Waals surface area contributed by atoms with E-state index in [-0.39, 0.29) is 30.0 Å². The fraction of sp³-hybridized carbons (Fsp3) is 0.632. The average Bonchev–Trinajstić information content (AvgIpc) is 2.62. The van der Waals surface area contributed by atoms with Crippen LogP contribution in [-0.2, 0) is 9.53 Å². The Morgan fingerprint density at radius 3 is 2.60 bits per heavy atom. The quantitative estimate of drug-likeness (QED) is 0.885. The van der Waals surface area contributed by atoms with Crippen molar-refractivity contribution in [3.63, 3.8) is 0 Å². The van der Waals surface area contributed by atoms with Gasteiger partial charge in [0.1, 0.15) is 0 Å². The number of nitrogens with one attached hydrogen (secondary N) is 1. The molecule has 6 heteroatoms. The number of hydrogen-bond donors (Lipinski definition) is 1. The number of piperazine rings is 1. The fourth-order valence-electron chi connectivity index (χ4n) is 3.46. The molecule has 3 rings (SSSR count). The van der Waals surface area contributed by atoms with Crippen LogP contribution in [0.5, 0.6) is 0 Å². The molecule has 1 aromatic rings. The molecule has 0 radical (unpaired) electrons. The first-order valence-electron chi connectivity index (χ1n) is 8.96. The van der Waals surface area contributed by atoms with Crippen LogP contribution in [0.3, 0.4) is 0 Å². The van der Waals surface area contributed by atoms with Crippen LogP contribution in [0.2, 0.25) is 0 Å². The lowest BCUT2D eigenvalue weighted by Crippen LogP contribution is -2.55. The van der Waals surface area contributed by atoms with Gasteiger partial charge in [-0.1, -0.05) is 30.3 Å². The van der Waals surface area contributed by atoms with Crippen molar-refractivity contribution in [3.05, 3.63) is 35.9 Å². The summed E-state index contributed by atoms with van der Waals surface area (Å²) in [5, 5.41) is 3.29. The molecular weight excluding hydrogens is 338 g/mol. The largest absolute Gasteiger partial charge is 0.370 e. The van der Waals surface area contributed by atoms with Gasteiger partial charge < -0.3 is 15.0 Å². The topological polar surface area (TPSA) is 44.8 Å². The number of carbonyl (C=O) groups is 1. The van der Waals surface area contributed by atoms with Gasteiger partial charge in [0.25, 0.3) is 0 Å². The van der Waals surface area contributed by atoms with Crippen molar-refractivity contribution in [1.29, 1.82) is 0 Å². The summed E-state index contributed by atoms with van der Waals surface area (Å²) < 4.78 is 6.09. The third-order valence-electron chi connectivity index (χ3n) is 5.12. The molecule has 0 aliphatic carbocycles. The summed E-state index contributed by atoms with van der Waals surface area (Å²) in [4.78, 5) is 16.8. The molecule has 1 aromatic carbocycles. The minimum absolute atomic E-state index is 0. The normalized spacial score (nSPS) is 23.8. The molecule has 2 aliphatic rings.